The second-order valence-electron chi connectivity index (χ2n) is 10.7. The number of ketones is 1. The smallest absolute Gasteiger partial charge is 0.306 e. The molecule has 196 valence electrons. The lowest BCUT2D eigenvalue weighted by Gasteiger charge is -2.51. The average Bonchev–Trinajstić information content (AvgIpc) is 2.79. The van der Waals surface area contributed by atoms with Crippen molar-refractivity contribution in [3.8, 4) is 0 Å². The molecule has 7 nitrogen and oxygen atoms in total. The molecule has 1 aromatic carbocycles. The van der Waals surface area contributed by atoms with Crippen molar-refractivity contribution in [2.45, 2.75) is 102 Å². The predicted octanol–water partition coefficient (Wildman–Crippen LogP) is 5.25. The van der Waals surface area contributed by atoms with Gasteiger partial charge in [-0.05, 0) is 30.8 Å². The average molecular weight is 525 g/mol. The standard InChI is InChI=1S/C26H40O7SSi/c1-8-34-25-23(31-20(28)15-14-17(2)27)22(33-35(6,7)26(3,4)5)21-19(30-25)16-29-24(32-21)18-12-10-9-11-13-18/h9-13,19,21-25H,8,14-16H2,1-7H3/t19-,21-,22+,23-,24+,25+/m1/s1. The fourth-order valence-corrected chi connectivity index (χ4v) is 6.14. The van der Waals surface area contributed by atoms with Crippen molar-refractivity contribution >= 4 is 31.8 Å². The number of carbonyl (C=O) groups is 2. The maximum Gasteiger partial charge on any atom is 0.306 e. The first-order chi connectivity index (χ1) is 16.4. The van der Waals surface area contributed by atoms with Crippen LogP contribution in [-0.2, 0) is 33.0 Å². The molecule has 1 aromatic rings. The van der Waals surface area contributed by atoms with Gasteiger partial charge in [0.2, 0.25) is 0 Å². The summed E-state index contributed by atoms with van der Waals surface area (Å²) in [6, 6.07) is 9.78. The summed E-state index contributed by atoms with van der Waals surface area (Å²) in [5.74, 6) is 0.309. The van der Waals surface area contributed by atoms with E-state index in [1.807, 2.05) is 37.3 Å². The maximum absolute atomic E-state index is 12.8. The number of hydrogen-bond donors (Lipinski definition) is 0. The number of benzene rings is 1. The normalized spacial score (nSPS) is 29.3. The van der Waals surface area contributed by atoms with Crippen LogP contribution in [0.4, 0.5) is 0 Å². The van der Waals surface area contributed by atoms with E-state index in [2.05, 4.69) is 33.9 Å². The first-order valence-corrected chi connectivity index (χ1v) is 16.3. The molecule has 2 saturated heterocycles. The number of fused-ring (bicyclic) bond motifs is 1. The number of carbonyl (C=O) groups excluding carboxylic acids is 2. The third kappa shape index (κ3) is 7.17. The molecule has 2 heterocycles. The van der Waals surface area contributed by atoms with Crippen molar-refractivity contribution in [2.75, 3.05) is 12.4 Å². The Morgan fingerprint density at radius 1 is 1.09 bits per heavy atom. The highest BCUT2D eigenvalue weighted by molar-refractivity contribution is 7.99. The Morgan fingerprint density at radius 3 is 2.37 bits per heavy atom. The molecule has 0 saturated carbocycles. The molecule has 0 unspecified atom stereocenters. The Balaban J connectivity index is 1.93. The van der Waals surface area contributed by atoms with E-state index >= 15 is 0 Å². The van der Waals surface area contributed by atoms with Crippen molar-refractivity contribution in [3.05, 3.63) is 35.9 Å². The van der Waals surface area contributed by atoms with E-state index < -0.39 is 44.3 Å². The molecule has 0 N–H and O–H groups in total. The van der Waals surface area contributed by atoms with E-state index in [-0.39, 0.29) is 29.8 Å². The van der Waals surface area contributed by atoms with Crippen LogP contribution in [0.2, 0.25) is 18.1 Å². The first kappa shape index (κ1) is 28.3. The minimum Gasteiger partial charge on any atom is -0.456 e. The number of esters is 1. The summed E-state index contributed by atoms with van der Waals surface area (Å²) in [5, 5.41) is -0.0542. The lowest BCUT2D eigenvalue weighted by Crippen LogP contribution is -2.65. The van der Waals surface area contributed by atoms with E-state index in [9.17, 15) is 9.59 Å². The number of ether oxygens (including phenoxy) is 4. The molecule has 9 heteroatoms. The molecule has 2 fully saturated rings. The Hall–Kier alpha value is -1.23. The minimum absolute atomic E-state index is 0.0346. The molecule has 0 spiro atoms. The van der Waals surface area contributed by atoms with Crippen molar-refractivity contribution < 1.29 is 33.0 Å². The van der Waals surface area contributed by atoms with Crippen LogP contribution in [0.3, 0.4) is 0 Å². The molecule has 0 aromatic heterocycles. The molecule has 0 bridgehead atoms. The van der Waals surface area contributed by atoms with Crippen LogP contribution in [0, 0.1) is 0 Å². The lowest BCUT2D eigenvalue weighted by molar-refractivity contribution is -0.317. The van der Waals surface area contributed by atoms with Crippen LogP contribution in [0.15, 0.2) is 30.3 Å². The van der Waals surface area contributed by atoms with Crippen LogP contribution in [0.1, 0.15) is 59.3 Å². The van der Waals surface area contributed by atoms with Gasteiger partial charge in [0.05, 0.1) is 13.0 Å². The largest absolute Gasteiger partial charge is 0.456 e. The second kappa shape index (κ2) is 11.9. The predicted molar refractivity (Wildman–Crippen MR) is 139 cm³/mol. The molecule has 2 aliphatic rings. The molecular formula is C26H40O7SSi. The molecule has 35 heavy (non-hydrogen) atoms. The second-order valence-corrected chi connectivity index (χ2v) is 16.8. The Morgan fingerprint density at radius 2 is 1.77 bits per heavy atom. The van der Waals surface area contributed by atoms with Gasteiger partial charge in [-0.15, -0.1) is 11.8 Å². The monoisotopic (exact) mass is 524 g/mol. The summed E-state index contributed by atoms with van der Waals surface area (Å²) >= 11 is 1.57. The van der Waals surface area contributed by atoms with Gasteiger partial charge in [0.15, 0.2) is 20.7 Å². The first-order valence-electron chi connectivity index (χ1n) is 12.4. The molecule has 2 aliphatic heterocycles. The molecule has 6 atom stereocenters. The zero-order valence-electron chi connectivity index (χ0n) is 21.9. The molecule has 0 radical (unpaired) electrons. The zero-order chi connectivity index (χ0) is 25.8. The number of rotatable bonds is 9. The summed E-state index contributed by atoms with van der Waals surface area (Å²) in [6.45, 7) is 14.8. The fourth-order valence-electron chi connectivity index (χ4n) is 3.89. The highest BCUT2D eigenvalue weighted by atomic mass is 32.2. The van der Waals surface area contributed by atoms with Crippen molar-refractivity contribution in [1.82, 2.24) is 0 Å². The zero-order valence-corrected chi connectivity index (χ0v) is 23.8. The van der Waals surface area contributed by atoms with Gasteiger partial charge in [-0.25, -0.2) is 0 Å². The Bertz CT molecular complexity index is 857. The summed E-state index contributed by atoms with van der Waals surface area (Å²) in [6.07, 6.45) is -2.37. The van der Waals surface area contributed by atoms with E-state index in [0.29, 0.717) is 6.61 Å². The van der Waals surface area contributed by atoms with E-state index in [4.69, 9.17) is 23.4 Å². The summed E-state index contributed by atoms with van der Waals surface area (Å²) in [5.41, 5.74) is 0.495. The highest BCUT2D eigenvalue weighted by Crippen LogP contribution is 2.44. The van der Waals surface area contributed by atoms with Crippen LogP contribution in [0.5, 0.6) is 0 Å². The molecule has 0 aliphatic carbocycles. The summed E-state index contributed by atoms with van der Waals surface area (Å²) < 4.78 is 31.8. The minimum atomic E-state index is -2.28. The van der Waals surface area contributed by atoms with Crippen LogP contribution < -0.4 is 0 Å². The summed E-state index contributed by atoms with van der Waals surface area (Å²) in [7, 11) is -2.28. The van der Waals surface area contributed by atoms with Crippen LogP contribution in [-0.4, -0.2) is 62.3 Å². The SMILES string of the molecule is CCS[C@@H]1O[C@@H]2CO[C@H](c3ccccc3)O[C@H]2[C@H](O[Si](C)(C)C(C)(C)C)[C@H]1OC(=O)CCC(C)=O. The fraction of sp³-hybridized carbons (Fsp3) is 0.692. The number of Topliss-reactive ketones (excluding diaryl/α,β-unsaturated/α-hetero) is 1. The van der Waals surface area contributed by atoms with Crippen LogP contribution in [0.25, 0.3) is 0 Å². The molecular weight excluding hydrogens is 484 g/mol. The van der Waals surface area contributed by atoms with Gasteiger partial charge >= 0.3 is 5.97 Å². The molecule has 3 rings (SSSR count). The van der Waals surface area contributed by atoms with Gasteiger partial charge in [0, 0.05) is 12.0 Å². The van der Waals surface area contributed by atoms with E-state index in [0.717, 1.165) is 11.3 Å². The maximum atomic E-state index is 12.8. The molecule has 0 amide bonds. The Labute approximate surface area is 214 Å². The lowest BCUT2D eigenvalue weighted by atomic mass is 9.98. The van der Waals surface area contributed by atoms with Gasteiger partial charge in [-0.2, -0.15) is 0 Å². The Kier molecular flexibility index (Phi) is 9.62. The van der Waals surface area contributed by atoms with E-state index in [1.54, 1.807) is 11.8 Å². The third-order valence-corrected chi connectivity index (χ3v) is 12.4. The quantitative estimate of drug-likeness (QED) is 0.320. The van der Waals surface area contributed by atoms with Crippen molar-refractivity contribution in [2.24, 2.45) is 0 Å². The van der Waals surface area contributed by atoms with Gasteiger partial charge in [0.25, 0.3) is 0 Å². The van der Waals surface area contributed by atoms with Crippen LogP contribution >= 0.6 is 11.8 Å². The number of thioether (sulfide) groups is 1. The van der Waals surface area contributed by atoms with Crippen molar-refractivity contribution in [1.29, 1.82) is 0 Å². The van der Waals surface area contributed by atoms with Gasteiger partial charge in [-0.1, -0.05) is 58.0 Å². The van der Waals surface area contributed by atoms with Gasteiger partial charge in [0.1, 0.15) is 29.5 Å². The third-order valence-electron chi connectivity index (χ3n) is 6.87. The van der Waals surface area contributed by atoms with E-state index in [1.165, 1.54) is 6.92 Å². The van der Waals surface area contributed by atoms with Gasteiger partial charge < -0.3 is 28.2 Å². The van der Waals surface area contributed by atoms with Crippen molar-refractivity contribution in [3.63, 3.8) is 0 Å². The number of hydrogen-bond acceptors (Lipinski definition) is 8. The topological polar surface area (TPSA) is 80.3 Å². The van der Waals surface area contributed by atoms with Gasteiger partial charge in [-0.3, -0.25) is 4.79 Å². The summed E-state index contributed by atoms with van der Waals surface area (Å²) in [4.78, 5) is 24.2. The highest BCUT2D eigenvalue weighted by Gasteiger charge is 2.55.